The Kier molecular flexibility index (Phi) is 6.78. The monoisotopic (exact) mass is 332 g/mol. The molecule has 1 saturated heterocycles. The van der Waals surface area contributed by atoms with Crippen LogP contribution >= 0.6 is 0 Å². The summed E-state index contributed by atoms with van der Waals surface area (Å²) in [6, 6.07) is 10.6. The second-order valence-corrected chi connectivity index (χ2v) is 7.66. The quantitative estimate of drug-likeness (QED) is 0.816. The van der Waals surface area contributed by atoms with Crippen molar-refractivity contribution in [3.05, 3.63) is 35.9 Å². The van der Waals surface area contributed by atoms with Crippen molar-refractivity contribution in [1.29, 1.82) is 0 Å². The molecule has 0 bridgehead atoms. The molecule has 0 aromatic heterocycles. The highest BCUT2D eigenvalue weighted by atomic mass is 16.2. The number of carbonyl (C=O) groups is 1. The van der Waals surface area contributed by atoms with Crippen LogP contribution in [-0.2, 0) is 11.3 Å². The second-order valence-electron chi connectivity index (χ2n) is 7.66. The number of benzene rings is 1. The number of nitrogens with two attached hydrogens (primary N) is 1. The normalized spacial score (nSPS) is 17.0. The molecule has 1 aliphatic heterocycles. The van der Waals surface area contributed by atoms with Crippen molar-refractivity contribution >= 4 is 5.91 Å². The van der Waals surface area contributed by atoms with E-state index in [4.69, 9.17) is 5.73 Å². The summed E-state index contributed by atoms with van der Waals surface area (Å²) in [5.74, 6) is 0.188. The van der Waals surface area contributed by atoms with Gasteiger partial charge >= 0.3 is 0 Å². The topological polar surface area (TPSA) is 52.8 Å². The van der Waals surface area contributed by atoms with Gasteiger partial charge in [0.05, 0.1) is 6.54 Å². The van der Waals surface area contributed by atoms with Crippen LogP contribution in [0.3, 0.4) is 0 Å². The molecule has 0 aliphatic carbocycles. The van der Waals surface area contributed by atoms with Gasteiger partial charge in [0.15, 0.2) is 0 Å². The van der Waals surface area contributed by atoms with Crippen molar-refractivity contribution in [2.75, 3.05) is 52.9 Å². The second kappa shape index (κ2) is 8.60. The highest BCUT2D eigenvalue weighted by Gasteiger charge is 2.24. The molecule has 0 atom stereocenters. The van der Waals surface area contributed by atoms with E-state index >= 15 is 0 Å². The van der Waals surface area contributed by atoms with Crippen molar-refractivity contribution in [3.63, 3.8) is 0 Å². The molecule has 5 heteroatoms. The summed E-state index contributed by atoms with van der Waals surface area (Å²) in [5, 5.41) is 0. The summed E-state index contributed by atoms with van der Waals surface area (Å²) >= 11 is 0. The lowest BCUT2D eigenvalue weighted by atomic mass is 9.93. The van der Waals surface area contributed by atoms with Gasteiger partial charge in [0.2, 0.25) is 5.91 Å². The molecule has 1 aromatic carbocycles. The average Bonchev–Trinajstić information content (AvgIpc) is 2.57. The number of piperazine rings is 1. The molecule has 1 aliphatic rings. The number of likely N-dealkylation sites (N-methyl/N-ethyl adjacent to an activating group) is 1. The fourth-order valence-electron chi connectivity index (χ4n) is 3.05. The van der Waals surface area contributed by atoms with Crippen LogP contribution in [0.15, 0.2) is 30.3 Å². The highest BCUT2D eigenvalue weighted by molar-refractivity contribution is 5.78. The SMILES string of the molecule is CN(CC(C)(C)CN)C(=O)CN1CCN(Cc2ccccc2)CC1. The summed E-state index contributed by atoms with van der Waals surface area (Å²) in [5.41, 5.74) is 7.09. The molecule has 0 spiro atoms. The summed E-state index contributed by atoms with van der Waals surface area (Å²) in [4.78, 5) is 18.9. The van der Waals surface area contributed by atoms with Gasteiger partial charge in [0.25, 0.3) is 0 Å². The summed E-state index contributed by atoms with van der Waals surface area (Å²) < 4.78 is 0. The van der Waals surface area contributed by atoms with Crippen LogP contribution in [0.2, 0.25) is 0 Å². The lowest BCUT2D eigenvalue weighted by Crippen LogP contribution is -2.50. The molecule has 2 N–H and O–H groups in total. The third kappa shape index (κ3) is 5.89. The minimum atomic E-state index is -0.0290. The van der Waals surface area contributed by atoms with Gasteiger partial charge in [-0.15, -0.1) is 0 Å². The molecule has 0 saturated carbocycles. The van der Waals surface area contributed by atoms with Crippen LogP contribution in [0.5, 0.6) is 0 Å². The Bertz CT molecular complexity index is 509. The number of carbonyl (C=O) groups excluding carboxylic acids is 1. The van der Waals surface area contributed by atoms with Crippen molar-refractivity contribution in [2.24, 2.45) is 11.1 Å². The van der Waals surface area contributed by atoms with Crippen LogP contribution in [0.25, 0.3) is 0 Å². The molecule has 5 nitrogen and oxygen atoms in total. The highest BCUT2D eigenvalue weighted by Crippen LogP contribution is 2.14. The van der Waals surface area contributed by atoms with E-state index < -0.39 is 0 Å². The molecule has 134 valence electrons. The lowest BCUT2D eigenvalue weighted by molar-refractivity contribution is -0.132. The van der Waals surface area contributed by atoms with Gasteiger partial charge < -0.3 is 10.6 Å². The van der Waals surface area contributed by atoms with E-state index in [0.29, 0.717) is 19.6 Å². The van der Waals surface area contributed by atoms with Crippen LogP contribution in [0.1, 0.15) is 19.4 Å². The Morgan fingerprint density at radius 1 is 1.12 bits per heavy atom. The van der Waals surface area contributed by atoms with Crippen LogP contribution < -0.4 is 5.73 Å². The van der Waals surface area contributed by atoms with E-state index in [1.807, 2.05) is 11.9 Å². The minimum Gasteiger partial charge on any atom is -0.344 e. The Hall–Kier alpha value is -1.43. The Labute approximate surface area is 146 Å². The summed E-state index contributed by atoms with van der Waals surface area (Å²) in [6.07, 6.45) is 0. The minimum absolute atomic E-state index is 0.0290. The third-order valence-electron chi connectivity index (χ3n) is 4.72. The third-order valence-corrected chi connectivity index (χ3v) is 4.72. The maximum atomic E-state index is 12.4. The van der Waals surface area contributed by atoms with Gasteiger partial charge in [0, 0.05) is 46.3 Å². The number of hydrogen-bond acceptors (Lipinski definition) is 4. The molecule has 1 fully saturated rings. The van der Waals surface area contributed by atoms with E-state index in [2.05, 4.69) is 54.0 Å². The van der Waals surface area contributed by atoms with Crippen LogP contribution in [0.4, 0.5) is 0 Å². The van der Waals surface area contributed by atoms with Gasteiger partial charge in [-0.2, -0.15) is 0 Å². The van der Waals surface area contributed by atoms with Crippen molar-refractivity contribution in [1.82, 2.24) is 14.7 Å². The number of hydrogen-bond donors (Lipinski definition) is 1. The molecule has 1 aromatic rings. The smallest absolute Gasteiger partial charge is 0.236 e. The van der Waals surface area contributed by atoms with Crippen molar-refractivity contribution in [2.45, 2.75) is 20.4 Å². The van der Waals surface area contributed by atoms with Gasteiger partial charge in [-0.25, -0.2) is 0 Å². The first-order valence-corrected chi connectivity index (χ1v) is 8.82. The predicted molar refractivity (Wildman–Crippen MR) is 98.6 cm³/mol. The van der Waals surface area contributed by atoms with E-state index in [-0.39, 0.29) is 11.3 Å². The van der Waals surface area contributed by atoms with Gasteiger partial charge in [-0.1, -0.05) is 44.2 Å². The summed E-state index contributed by atoms with van der Waals surface area (Å²) in [6.45, 7) is 10.9. The first-order valence-electron chi connectivity index (χ1n) is 8.82. The molecule has 1 amide bonds. The van der Waals surface area contributed by atoms with E-state index in [9.17, 15) is 4.79 Å². The first-order chi connectivity index (χ1) is 11.4. The number of nitrogens with zero attached hydrogens (tertiary/aromatic N) is 3. The maximum Gasteiger partial charge on any atom is 0.236 e. The van der Waals surface area contributed by atoms with Crippen LogP contribution in [0, 0.1) is 5.41 Å². The van der Waals surface area contributed by atoms with Gasteiger partial charge in [0.1, 0.15) is 0 Å². The molecule has 2 rings (SSSR count). The van der Waals surface area contributed by atoms with E-state index in [0.717, 1.165) is 32.7 Å². The fourth-order valence-corrected chi connectivity index (χ4v) is 3.05. The molecular formula is C19H32N4O. The van der Waals surface area contributed by atoms with E-state index in [1.54, 1.807) is 0 Å². The molecular weight excluding hydrogens is 300 g/mol. The zero-order valence-electron chi connectivity index (χ0n) is 15.4. The zero-order chi connectivity index (χ0) is 17.6. The Balaban J connectivity index is 1.73. The van der Waals surface area contributed by atoms with Crippen LogP contribution in [-0.4, -0.2) is 73.5 Å². The zero-order valence-corrected chi connectivity index (χ0v) is 15.4. The average molecular weight is 332 g/mol. The molecule has 0 radical (unpaired) electrons. The van der Waals surface area contributed by atoms with Gasteiger partial charge in [-0.05, 0) is 17.5 Å². The Morgan fingerprint density at radius 2 is 1.71 bits per heavy atom. The van der Waals surface area contributed by atoms with E-state index in [1.165, 1.54) is 5.56 Å². The number of rotatable bonds is 7. The maximum absolute atomic E-state index is 12.4. The fraction of sp³-hybridized carbons (Fsp3) is 0.632. The molecule has 1 heterocycles. The predicted octanol–water partition coefficient (Wildman–Crippen LogP) is 1.25. The molecule has 24 heavy (non-hydrogen) atoms. The standard InChI is InChI=1S/C19H32N4O/c1-19(2,15-20)16-21(3)18(24)14-23-11-9-22(10-12-23)13-17-7-5-4-6-8-17/h4-8H,9-16,20H2,1-3H3. The lowest BCUT2D eigenvalue weighted by Gasteiger charge is -2.36. The number of amides is 1. The van der Waals surface area contributed by atoms with Crippen molar-refractivity contribution in [3.8, 4) is 0 Å². The largest absolute Gasteiger partial charge is 0.344 e. The first kappa shape index (κ1) is 18.9. The Morgan fingerprint density at radius 3 is 2.29 bits per heavy atom. The summed E-state index contributed by atoms with van der Waals surface area (Å²) in [7, 11) is 1.88. The van der Waals surface area contributed by atoms with Gasteiger partial charge in [-0.3, -0.25) is 14.6 Å². The van der Waals surface area contributed by atoms with Crippen molar-refractivity contribution < 1.29 is 4.79 Å². The molecule has 0 unspecified atom stereocenters.